The predicted molar refractivity (Wildman–Crippen MR) is 60.4 cm³/mol. The number of nitrogens with zero attached hydrogens (tertiary/aromatic N) is 2. The highest BCUT2D eigenvalue weighted by Crippen LogP contribution is 2.12. The fourth-order valence-electron chi connectivity index (χ4n) is 1.20. The van der Waals surface area contributed by atoms with E-state index in [1.807, 2.05) is 0 Å². The van der Waals surface area contributed by atoms with Crippen molar-refractivity contribution in [2.45, 2.75) is 19.4 Å². The summed E-state index contributed by atoms with van der Waals surface area (Å²) in [6.45, 7) is -0.0506. The second kappa shape index (κ2) is 7.07. The second-order valence-electron chi connectivity index (χ2n) is 3.55. The van der Waals surface area contributed by atoms with Crippen molar-refractivity contribution in [3.8, 4) is 0 Å². The smallest absolute Gasteiger partial charge is 0.329 e. The lowest BCUT2D eigenvalue weighted by atomic mass is 10.2. The van der Waals surface area contributed by atoms with Gasteiger partial charge in [-0.3, -0.25) is 19.7 Å². The molecule has 8 nitrogen and oxygen atoms in total. The summed E-state index contributed by atoms with van der Waals surface area (Å²) >= 11 is 0. The first kappa shape index (κ1) is 14.6. The Hall–Kier alpha value is -2.48. The molecule has 0 saturated carbocycles. The molecule has 0 heterocycles. The number of esters is 1. The lowest BCUT2D eigenvalue weighted by Gasteiger charge is -2.04. The molecule has 0 aromatic heterocycles. The van der Waals surface area contributed by atoms with Crippen LogP contribution in [0, 0.1) is 10.1 Å². The lowest BCUT2D eigenvalue weighted by Crippen LogP contribution is -2.09. The minimum Gasteiger partial charge on any atom is -0.461 e. The maximum absolute atomic E-state index is 11.2. The fraction of sp³-hybridized carbons (Fsp3) is 0.273. The number of non-ortho nitro benzene ring substituents is 1. The highest BCUT2D eigenvalue weighted by molar-refractivity contribution is 5.77. The van der Waals surface area contributed by atoms with E-state index in [0.29, 0.717) is 5.56 Å². The van der Waals surface area contributed by atoms with E-state index in [1.165, 1.54) is 24.3 Å². The Labute approximate surface area is 108 Å². The molecule has 0 fully saturated rings. The fourth-order valence-corrected chi connectivity index (χ4v) is 1.20. The van der Waals surface area contributed by atoms with Gasteiger partial charge in [0.25, 0.3) is 5.69 Å². The first-order valence-electron chi connectivity index (χ1n) is 5.26. The molecule has 0 unspecified atom stereocenters. The molecule has 1 aromatic rings. The zero-order valence-corrected chi connectivity index (χ0v) is 9.77. The highest BCUT2D eigenvalue weighted by atomic mass is 16.7. The third-order valence-corrected chi connectivity index (χ3v) is 2.18. The molecule has 8 heteroatoms. The standard InChI is InChI=1S/C11H10N2O6/c12-19-11(15)6-5-10(14)18-7-8-1-3-9(4-2-8)13(16)17/h1-4H,5-7H2. The van der Waals surface area contributed by atoms with Crippen LogP contribution in [0.2, 0.25) is 0 Å². The normalized spacial score (nSPS) is 9.74. The van der Waals surface area contributed by atoms with Gasteiger partial charge < -0.3 is 9.57 Å². The third-order valence-electron chi connectivity index (χ3n) is 2.18. The van der Waals surface area contributed by atoms with Crippen LogP contribution >= 0.6 is 0 Å². The van der Waals surface area contributed by atoms with E-state index in [4.69, 9.17) is 10.6 Å². The van der Waals surface area contributed by atoms with Crippen LogP contribution < -0.4 is 5.90 Å². The van der Waals surface area contributed by atoms with Gasteiger partial charge in [0.05, 0.1) is 17.8 Å². The molecule has 1 aromatic carbocycles. The Kier molecular flexibility index (Phi) is 5.42. The van der Waals surface area contributed by atoms with Crippen LogP contribution in [0.1, 0.15) is 18.4 Å². The quantitative estimate of drug-likeness (QED) is 0.429. The van der Waals surface area contributed by atoms with Gasteiger partial charge in [0.2, 0.25) is 0 Å². The molecule has 0 N–H and O–H groups in total. The summed E-state index contributed by atoms with van der Waals surface area (Å²) in [4.78, 5) is 35.0. The maximum atomic E-state index is 11.2. The van der Waals surface area contributed by atoms with Crippen molar-refractivity contribution >= 4 is 17.6 Å². The predicted octanol–water partition coefficient (Wildman–Crippen LogP) is 0.945. The van der Waals surface area contributed by atoms with Crippen molar-refractivity contribution in [1.82, 2.24) is 5.90 Å². The van der Waals surface area contributed by atoms with Gasteiger partial charge >= 0.3 is 11.9 Å². The zero-order chi connectivity index (χ0) is 14.3. The van der Waals surface area contributed by atoms with Gasteiger partial charge in [-0.05, 0) is 17.7 Å². The van der Waals surface area contributed by atoms with E-state index in [9.17, 15) is 19.7 Å². The second-order valence-corrected chi connectivity index (χ2v) is 3.55. The Morgan fingerprint density at radius 2 is 1.74 bits per heavy atom. The molecule has 0 aliphatic carbocycles. The molecule has 0 amide bonds. The summed E-state index contributed by atoms with van der Waals surface area (Å²) in [5, 5.41) is 10.4. The summed E-state index contributed by atoms with van der Waals surface area (Å²) in [6, 6.07) is 5.53. The third kappa shape index (κ3) is 5.13. The molecule has 0 spiro atoms. The molecule has 2 radical (unpaired) electrons. The first-order chi connectivity index (χ1) is 9.02. The average molecular weight is 266 g/mol. The molecule has 0 bridgehead atoms. The topological polar surface area (TPSA) is 118 Å². The number of hydrogen-bond donors (Lipinski definition) is 0. The zero-order valence-electron chi connectivity index (χ0n) is 9.77. The number of carbonyl (C=O) groups is 2. The first-order valence-corrected chi connectivity index (χ1v) is 5.26. The molecule has 0 saturated heterocycles. The molecular formula is C11H10N2O6. The number of nitro groups is 1. The van der Waals surface area contributed by atoms with Gasteiger partial charge in [0.15, 0.2) is 0 Å². The average Bonchev–Trinajstić information content (AvgIpc) is 2.42. The van der Waals surface area contributed by atoms with Crippen LogP contribution in [0.3, 0.4) is 0 Å². The minimum atomic E-state index is -0.924. The Morgan fingerprint density at radius 3 is 2.26 bits per heavy atom. The summed E-state index contributed by atoms with van der Waals surface area (Å²) in [7, 11) is 0. The maximum Gasteiger partial charge on any atom is 0.329 e. The van der Waals surface area contributed by atoms with E-state index < -0.39 is 16.9 Å². The highest BCUT2D eigenvalue weighted by Gasteiger charge is 2.10. The van der Waals surface area contributed by atoms with Crippen LogP contribution in [0.25, 0.3) is 0 Å². The number of nitro benzene ring substituents is 1. The van der Waals surface area contributed by atoms with Gasteiger partial charge in [-0.15, -0.1) is 0 Å². The monoisotopic (exact) mass is 266 g/mol. The Balaban J connectivity index is 2.37. The lowest BCUT2D eigenvalue weighted by molar-refractivity contribution is -0.384. The van der Waals surface area contributed by atoms with Crippen LogP contribution in [-0.2, 0) is 25.8 Å². The molecule has 19 heavy (non-hydrogen) atoms. The molecule has 0 aliphatic rings. The van der Waals surface area contributed by atoms with Gasteiger partial charge in [0, 0.05) is 12.1 Å². The largest absolute Gasteiger partial charge is 0.461 e. The number of ether oxygens (including phenoxy) is 1. The van der Waals surface area contributed by atoms with Crippen molar-refractivity contribution in [2.75, 3.05) is 0 Å². The van der Waals surface area contributed by atoms with E-state index in [0.717, 1.165) is 0 Å². The number of carbonyl (C=O) groups excluding carboxylic acids is 2. The van der Waals surface area contributed by atoms with Gasteiger partial charge in [0.1, 0.15) is 12.5 Å². The van der Waals surface area contributed by atoms with Crippen molar-refractivity contribution in [3.63, 3.8) is 0 Å². The molecule has 0 aliphatic heterocycles. The Bertz CT molecular complexity index is 471. The number of hydrogen-bond acceptors (Lipinski definition) is 6. The van der Waals surface area contributed by atoms with Crippen LogP contribution in [0.15, 0.2) is 24.3 Å². The summed E-state index contributed by atoms with van der Waals surface area (Å²) in [6.07, 6.45) is -0.498. The Morgan fingerprint density at radius 1 is 1.16 bits per heavy atom. The summed E-state index contributed by atoms with van der Waals surface area (Å²) in [5.41, 5.74) is 0.532. The van der Waals surface area contributed by atoms with E-state index in [2.05, 4.69) is 4.84 Å². The molecular weight excluding hydrogens is 256 g/mol. The minimum absolute atomic E-state index is 0.0506. The van der Waals surface area contributed by atoms with Crippen LogP contribution in [0.4, 0.5) is 5.69 Å². The van der Waals surface area contributed by atoms with E-state index >= 15 is 0 Å². The van der Waals surface area contributed by atoms with Gasteiger partial charge in [-0.25, -0.2) is 0 Å². The van der Waals surface area contributed by atoms with Crippen LogP contribution in [-0.4, -0.2) is 16.9 Å². The van der Waals surface area contributed by atoms with Gasteiger partial charge in [-0.1, -0.05) is 0 Å². The number of benzene rings is 1. The van der Waals surface area contributed by atoms with E-state index in [1.54, 1.807) is 0 Å². The van der Waals surface area contributed by atoms with Gasteiger partial charge in [-0.2, -0.15) is 0 Å². The number of rotatable bonds is 6. The van der Waals surface area contributed by atoms with Crippen molar-refractivity contribution in [3.05, 3.63) is 39.9 Å². The van der Waals surface area contributed by atoms with Crippen molar-refractivity contribution < 1.29 is 24.1 Å². The molecule has 0 atom stereocenters. The van der Waals surface area contributed by atoms with Crippen LogP contribution in [0.5, 0.6) is 0 Å². The summed E-state index contributed by atoms with van der Waals surface area (Å²) < 4.78 is 4.83. The molecule has 1 rings (SSSR count). The van der Waals surface area contributed by atoms with Crippen molar-refractivity contribution in [1.29, 1.82) is 0 Å². The van der Waals surface area contributed by atoms with E-state index in [-0.39, 0.29) is 25.1 Å². The van der Waals surface area contributed by atoms with Crippen molar-refractivity contribution in [2.24, 2.45) is 0 Å². The summed E-state index contributed by atoms with van der Waals surface area (Å²) in [5.74, 6) is 6.41. The molecule has 100 valence electrons. The SMILES string of the molecule is [N]OC(=O)CCC(=O)OCc1ccc([N+](=O)[O-])cc1.